The van der Waals surface area contributed by atoms with Gasteiger partial charge >= 0.3 is 5.97 Å². The van der Waals surface area contributed by atoms with Crippen molar-refractivity contribution >= 4 is 5.97 Å². The zero-order valence-electron chi connectivity index (χ0n) is 10.9. The summed E-state index contributed by atoms with van der Waals surface area (Å²) in [6.07, 6.45) is 1.47. The van der Waals surface area contributed by atoms with Crippen LogP contribution < -0.4 is 4.74 Å². The summed E-state index contributed by atoms with van der Waals surface area (Å²) in [7, 11) is 1.58. The van der Waals surface area contributed by atoms with Gasteiger partial charge in [0.25, 0.3) is 0 Å². The van der Waals surface area contributed by atoms with Gasteiger partial charge in [0, 0.05) is 5.56 Å². The lowest BCUT2D eigenvalue weighted by Gasteiger charge is -2.17. The lowest BCUT2D eigenvalue weighted by Crippen LogP contribution is -2.13. The highest BCUT2D eigenvalue weighted by Gasteiger charge is 2.23. The van der Waals surface area contributed by atoms with Crippen molar-refractivity contribution in [2.24, 2.45) is 0 Å². The second-order valence-corrected chi connectivity index (χ2v) is 4.36. The average Bonchev–Trinajstić information content (AvgIpc) is 2.29. The van der Waals surface area contributed by atoms with Crippen LogP contribution in [0.25, 0.3) is 0 Å². The van der Waals surface area contributed by atoms with Crippen LogP contribution in [0, 0.1) is 13.8 Å². The molecule has 3 heteroatoms. The number of aryl methyl sites for hydroxylation is 2. The first kappa shape index (κ1) is 13.6. The third-order valence-corrected chi connectivity index (χ3v) is 3.10. The number of rotatable bonds is 5. The number of benzene rings is 1. The van der Waals surface area contributed by atoms with Gasteiger partial charge in [-0.1, -0.05) is 19.4 Å². The molecule has 0 spiro atoms. The molecule has 1 aromatic carbocycles. The zero-order chi connectivity index (χ0) is 13.0. The Hall–Kier alpha value is -1.51. The number of hydrogen-bond acceptors (Lipinski definition) is 2. The minimum atomic E-state index is -0.784. The Bertz CT molecular complexity index is 410. The number of carboxylic acid groups (broad SMARTS) is 1. The van der Waals surface area contributed by atoms with Crippen molar-refractivity contribution in [1.82, 2.24) is 0 Å². The van der Waals surface area contributed by atoms with Crippen LogP contribution in [0.3, 0.4) is 0 Å². The lowest BCUT2D eigenvalue weighted by atomic mass is 9.91. The molecule has 0 bridgehead atoms. The van der Waals surface area contributed by atoms with Crippen LogP contribution >= 0.6 is 0 Å². The van der Waals surface area contributed by atoms with E-state index in [2.05, 4.69) is 0 Å². The molecule has 1 unspecified atom stereocenters. The minimum absolute atomic E-state index is 0.478. The number of aliphatic carboxylic acids is 1. The summed E-state index contributed by atoms with van der Waals surface area (Å²) < 4.78 is 5.30. The zero-order valence-corrected chi connectivity index (χ0v) is 10.9. The van der Waals surface area contributed by atoms with E-state index in [0.29, 0.717) is 12.2 Å². The number of ether oxygens (including phenoxy) is 1. The van der Waals surface area contributed by atoms with E-state index in [1.54, 1.807) is 7.11 Å². The topological polar surface area (TPSA) is 46.5 Å². The maximum absolute atomic E-state index is 11.3. The summed E-state index contributed by atoms with van der Waals surface area (Å²) in [5, 5.41) is 9.28. The molecule has 0 radical (unpaired) electrons. The van der Waals surface area contributed by atoms with Crippen molar-refractivity contribution in [3.8, 4) is 5.75 Å². The lowest BCUT2D eigenvalue weighted by molar-refractivity contribution is -0.139. The molecule has 1 atom stereocenters. The Morgan fingerprint density at radius 2 is 1.94 bits per heavy atom. The van der Waals surface area contributed by atoms with Crippen LogP contribution in [0.5, 0.6) is 5.75 Å². The van der Waals surface area contributed by atoms with E-state index in [1.807, 2.05) is 32.9 Å². The molecule has 17 heavy (non-hydrogen) atoms. The van der Waals surface area contributed by atoms with Crippen LogP contribution in [0.1, 0.15) is 42.4 Å². The molecule has 0 aliphatic carbocycles. The van der Waals surface area contributed by atoms with Crippen LogP contribution in [0.2, 0.25) is 0 Å². The number of carbonyl (C=O) groups is 1. The van der Waals surface area contributed by atoms with Crippen LogP contribution in [0.15, 0.2) is 12.1 Å². The smallest absolute Gasteiger partial charge is 0.311 e. The summed E-state index contributed by atoms with van der Waals surface area (Å²) in [6.45, 7) is 5.98. The maximum atomic E-state index is 11.3. The summed E-state index contributed by atoms with van der Waals surface area (Å²) in [5.41, 5.74) is 3.00. The number of carboxylic acids is 1. The van der Waals surface area contributed by atoms with E-state index in [0.717, 1.165) is 23.1 Å². The SMILES string of the molecule is CCCC(C(=O)O)c1cc(C)c(C)cc1OC. The normalized spacial score (nSPS) is 12.2. The van der Waals surface area contributed by atoms with Crippen molar-refractivity contribution < 1.29 is 14.6 Å². The van der Waals surface area contributed by atoms with E-state index in [-0.39, 0.29) is 0 Å². The predicted molar refractivity (Wildman–Crippen MR) is 67.8 cm³/mol. The van der Waals surface area contributed by atoms with Crippen LogP contribution in [-0.4, -0.2) is 18.2 Å². The van der Waals surface area contributed by atoms with E-state index in [9.17, 15) is 9.90 Å². The first-order chi connectivity index (χ1) is 8.01. The highest BCUT2D eigenvalue weighted by Crippen LogP contribution is 2.32. The second-order valence-electron chi connectivity index (χ2n) is 4.36. The van der Waals surface area contributed by atoms with Crippen molar-refractivity contribution in [1.29, 1.82) is 0 Å². The minimum Gasteiger partial charge on any atom is -0.496 e. The molecule has 0 heterocycles. The molecule has 0 aromatic heterocycles. The molecule has 0 amide bonds. The molecule has 0 aliphatic rings. The average molecular weight is 236 g/mol. The predicted octanol–water partition coefficient (Wildman–Crippen LogP) is 3.28. The van der Waals surface area contributed by atoms with Gasteiger partial charge in [-0.25, -0.2) is 0 Å². The standard InChI is InChI=1S/C14H20O3/c1-5-6-11(14(15)16)12-7-9(2)10(3)8-13(12)17-4/h7-8,11H,5-6H2,1-4H3,(H,15,16). The molecular formula is C14H20O3. The molecule has 0 aliphatic heterocycles. The monoisotopic (exact) mass is 236 g/mol. The van der Waals surface area contributed by atoms with Gasteiger partial charge in [-0.3, -0.25) is 4.79 Å². The van der Waals surface area contributed by atoms with Gasteiger partial charge in [-0.15, -0.1) is 0 Å². The molecule has 1 N–H and O–H groups in total. The van der Waals surface area contributed by atoms with Gasteiger partial charge in [0.1, 0.15) is 5.75 Å². The second kappa shape index (κ2) is 5.71. The highest BCUT2D eigenvalue weighted by molar-refractivity contribution is 5.77. The molecule has 0 fully saturated rings. The van der Waals surface area contributed by atoms with Crippen molar-refractivity contribution in [3.05, 3.63) is 28.8 Å². The van der Waals surface area contributed by atoms with Gasteiger partial charge in [0.05, 0.1) is 13.0 Å². The summed E-state index contributed by atoms with van der Waals surface area (Å²) in [4.78, 5) is 11.3. The Balaban J connectivity index is 3.25. The molecule has 0 saturated heterocycles. The summed E-state index contributed by atoms with van der Waals surface area (Å²) >= 11 is 0. The van der Waals surface area contributed by atoms with Gasteiger partial charge in [0.2, 0.25) is 0 Å². The van der Waals surface area contributed by atoms with Gasteiger partial charge in [-0.2, -0.15) is 0 Å². The summed E-state index contributed by atoms with van der Waals surface area (Å²) in [5.74, 6) is -0.586. The quantitative estimate of drug-likeness (QED) is 0.853. The Morgan fingerprint density at radius 1 is 1.35 bits per heavy atom. The molecule has 0 saturated carbocycles. The van der Waals surface area contributed by atoms with E-state index in [4.69, 9.17) is 4.74 Å². The van der Waals surface area contributed by atoms with Crippen molar-refractivity contribution in [3.63, 3.8) is 0 Å². The molecule has 1 aromatic rings. The van der Waals surface area contributed by atoms with E-state index >= 15 is 0 Å². The molecule has 3 nitrogen and oxygen atoms in total. The van der Waals surface area contributed by atoms with Gasteiger partial charge in [0.15, 0.2) is 0 Å². The number of hydrogen-bond donors (Lipinski definition) is 1. The third kappa shape index (κ3) is 2.99. The Morgan fingerprint density at radius 3 is 2.41 bits per heavy atom. The first-order valence-corrected chi connectivity index (χ1v) is 5.89. The Labute approximate surface area is 102 Å². The maximum Gasteiger partial charge on any atom is 0.311 e. The first-order valence-electron chi connectivity index (χ1n) is 5.89. The fourth-order valence-electron chi connectivity index (χ4n) is 1.96. The third-order valence-electron chi connectivity index (χ3n) is 3.10. The largest absolute Gasteiger partial charge is 0.496 e. The van der Waals surface area contributed by atoms with Gasteiger partial charge in [-0.05, 0) is 37.5 Å². The van der Waals surface area contributed by atoms with Crippen LogP contribution in [0.4, 0.5) is 0 Å². The van der Waals surface area contributed by atoms with Gasteiger partial charge < -0.3 is 9.84 Å². The van der Waals surface area contributed by atoms with Crippen LogP contribution in [-0.2, 0) is 4.79 Å². The van der Waals surface area contributed by atoms with Crippen molar-refractivity contribution in [2.75, 3.05) is 7.11 Å². The fraction of sp³-hybridized carbons (Fsp3) is 0.500. The Kier molecular flexibility index (Phi) is 4.55. The molecule has 1 rings (SSSR count). The number of methoxy groups -OCH3 is 1. The van der Waals surface area contributed by atoms with E-state index in [1.165, 1.54) is 0 Å². The fourth-order valence-corrected chi connectivity index (χ4v) is 1.96. The molecule has 94 valence electrons. The summed E-state index contributed by atoms with van der Waals surface area (Å²) in [6, 6.07) is 3.85. The van der Waals surface area contributed by atoms with E-state index < -0.39 is 11.9 Å². The van der Waals surface area contributed by atoms with Crippen molar-refractivity contribution in [2.45, 2.75) is 39.5 Å². The molecular weight excluding hydrogens is 216 g/mol. The highest BCUT2D eigenvalue weighted by atomic mass is 16.5.